The Morgan fingerprint density at radius 3 is 0.778 bits per heavy atom. The van der Waals surface area contributed by atoms with Gasteiger partial charge in [0.25, 0.3) is 0 Å². The van der Waals surface area contributed by atoms with E-state index in [4.69, 9.17) is 0 Å². The van der Waals surface area contributed by atoms with E-state index < -0.39 is 0 Å². The molecular formula is C82H142N8. The molecule has 0 N–H and O–H groups in total. The topological polar surface area (TPSA) is 103 Å². The van der Waals surface area contributed by atoms with Crippen molar-refractivity contribution in [2.75, 3.05) is 0 Å². The van der Waals surface area contributed by atoms with E-state index in [2.05, 4.69) is 168 Å². The summed E-state index contributed by atoms with van der Waals surface area (Å²) in [6.45, 7) is 72.5. The first-order valence-electron chi connectivity index (χ1n) is 34.5. The molecular weight excluding hydrogens is 1100 g/mol. The summed E-state index contributed by atoms with van der Waals surface area (Å²) in [5.41, 5.74) is 4.77. The summed E-state index contributed by atoms with van der Waals surface area (Å²) in [5.74, 6) is 4.17. The van der Waals surface area contributed by atoms with Crippen molar-refractivity contribution in [2.24, 2.45) is 29.6 Å². The van der Waals surface area contributed by atoms with Crippen molar-refractivity contribution in [3.8, 4) is 0 Å². The molecule has 0 saturated carbocycles. The van der Waals surface area contributed by atoms with E-state index in [0.717, 1.165) is 68.1 Å². The third-order valence-electron chi connectivity index (χ3n) is 7.22. The van der Waals surface area contributed by atoms with Crippen LogP contribution >= 0.6 is 0 Å². The molecule has 10 aromatic rings. The molecule has 10 rings (SSSR count). The molecule has 0 bridgehead atoms. The first-order valence-corrected chi connectivity index (χ1v) is 34.5. The van der Waals surface area contributed by atoms with Gasteiger partial charge in [0.05, 0.1) is 22.1 Å². The fourth-order valence-corrected chi connectivity index (χ4v) is 4.78. The lowest BCUT2D eigenvalue weighted by Gasteiger charge is -1.91. The number of rotatable bonds is 0. The molecule has 0 fully saturated rings. The van der Waals surface area contributed by atoms with Crippen molar-refractivity contribution in [1.82, 2.24) is 39.9 Å². The number of fused-ring (bicyclic) bond motifs is 5. The van der Waals surface area contributed by atoms with Crippen LogP contribution in [0.3, 0.4) is 0 Å². The van der Waals surface area contributed by atoms with Gasteiger partial charge in [-0.05, 0) is 113 Å². The van der Waals surface area contributed by atoms with Crippen LogP contribution in [0.25, 0.3) is 54.6 Å². The van der Waals surface area contributed by atoms with Gasteiger partial charge in [0.15, 0.2) is 5.65 Å². The summed E-state index contributed by atoms with van der Waals surface area (Å²) in [5, 5.41) is 5.82. The molecule has 7 aromatic heterocycles. The Labute approximate surface area is 559 Å². The second-order valence-corrected chi connectivity index (χ2v) is 19.3. The van der Waals surface area contributed by atoms with Crippen molar-refractivity contribution in [1.29, 1.82) is 0 Å². The standard InChI is InChI=1S/2C9H7N.3C8H6N2.5C4H10.10C2H6/c1-2-6-9-8(4-1)5-3-7-10-9;1-2-4-9-7-10-6-5-8(9)3-1;1-3-7-8(9-5-1)4-2-6-10-7;1-3-7-4-2-6-10-8(7)9-5-1;1-2-4-8-7(3-1)5-9-6-10-8;5*1-4(2)3;10*1-2/h2*1-7H;3*1-6H;5*4H,1-3H3;10*1-2H3. The van der Waals surface area contributed by atoms with E-state index in [1.165, 1.54) is 16.2 Å². The Morgan fingerprint density at radius 1 is 0.200 bits per heavy atom. The van der Waals surface area contributed by atoms with E-state index in [-0.39, 0.29) is 0 Å². The highest BCUT2D eigenvalue weighted by molar-refractivity contribution is 5.81. The number of aromatic nitrogens is 8. The zero-order valence-electron chi connectivity index (χ0n) is 64.9. The van der Waals surface area contributed by atoms with Gasteiger partial charge in [-0.25, -0.2) is 19.9 Å². The van der Waals surface area contributed by atoms with Gasteiger partial charge in [-0.2, -0.15) is 0 Å². The van der Waals surface area contributed by atoms with Crippen molar-refractivity contribution in [2.45, 2.75) is 242 Å². The maximum absolute atomic E-state index is 4.18. The molecule has 0 radical (unpaired) electrons. The Balaban J connectivity index is -0.0000000976. The Hall–Kier alpha value is -7.06. The Kier molecular flexibility index (Phi) is 103. The second-order valence-electron chi connectivity index (χ2n) is 19.3. The molecule has 0 atom stereocenters. The van der Waals surface area contributed by atoms with E-state index in [1.807, 2.05) is 279 Å². The van der Waals surface area contributed by atoms with Crippen LogP contribution in [-0.2, 0) is 0 Å². The lowest BCUT2D eigenvalue weighted by Crippen LogP contribution is -1.78. The van der Waals surface area contributed by atoms with E-state index in [0.29, 0.717) is 0 Å². The maximum Gasteiger partial charge on any atom is 0.159 e. The van der Waals surface area contributed by atoms with E-state index in [1.54, 1.807) is 31.1 Å². The van der Waals surface area contributed by atoms with Gasteiger partial charge < -0.3 is 0 Å². The average molecular weight is 1240 g/mol. The summed E-state index contributed by atoms with van der Waals surface area (Å²) < 4.78 is 0. The highest BCUT2D eigenvalue weighted by Crippen LogP contribution is 2.11. The van der Waals surface area contributed by atoms with Crippen LogP contribution in [-0.4, -0.2) is 39.9 Å². The smallest absolute Gasteiger partial charge is 0.159 e. The number of pyridine rings is 6. The van der Waals surface area contributed by atoms with Crippen molar-refractivity contribution in [3.05, 3.63) is 195 Å². The normalized spacial score (nSPS) is 8.22. The fourth-order valence-electron chi connectivity index (χ4n) is 4.78. The molecule has 0 aliphatic carbocycles. The van der Waals surface area contributed by atoms with Crippen LogP contribution < -0.4 is 0 Å². The highest BCUT2D eigenvalue weighted by atomic mass is 14.8. The third kappa shape index (κ3) is 75.2. The number of hydrogen-bond acceptors (Lipinski definition) is 8. The number of hydrogen-bond donors (Lipinski definition) is 0. The molecule has 510 valence electrons. The SMILES string of the molecule is CC.CC.CC.CC.CC.CC.CC.CC.CC.CC.CC(C)C.CC(C)C.CC(C)C.CC(C)C.CC(C)C.c1ccc2cnccc2c1.c1ccc2ncccc2c1.c1ccc2ncncc2c1.c1cnc2cccnc2c1.c1cnc2ncccc2c1. The molecule has 0 unspecified atom stereocenters. The molecule has 0 spiro atoms. The van der Waals surface area contributed by atoms with Crippen LogP contribution in [0.5, 0.6) is 0 Å². The summed E-state index contributed by atoms with van der Waals surface area (Å²) in [6, 6.07) is 45.7. The van der Waals surface area contributed by atoms with Gasteiger partial charge in [-0.3, -0.25) is 19.9 Å². The van der Waals surface area contributed by atoms with Gasteiger partial charge in [-0.15, -0.1) is 0 Å². The molecule has 0 saturated heterocycles. The average Bonchev–Trinajstić information content (AvgIpc) is 3.73. The van der Waals surface area contributed by atoms with Crippen LogP contribution in [0, 0.1) is 29.6 Å². The predicted octanol–water partition coefficient (Wildman–Crippen LogP) is 27.9. The van der Waals surface area contributed by atoms with Crippen LogP contribution in [0.4, 0.5) is 0 Å². The zero-order chi connectivity index (χ0) is 71.9. The summed E-state index contributed by atoms with van der Waals surface area (Å²) in [7, 11) is 0. The van der Waals surface area contributed by atoms with Crippen LogP contribution in [0.2, 0.25) is 0 Å². The van der Waals surface area contributed by atoms with Gasteiger partial charge in [0, 0.05) is 65.7 Å². The summed E-state index contributed by atoms with van der Waals surface area (Å²) in [6.07, 6.45) is 15.9. The van der Waals surface area contributed by atoms with Gasteiger partial charge in [0.2, 0.25) is 0 Å². The Morgan fingerprint density at radius 2 is 0.444 bits per heavy atom. The van der Waals surface area contributed by atoms with Crippen molar-refractivity contribution in [3.63, 3.8) is 0 Å². The minimum absolute atomic E-state index is 0.810. The van der Waals surface area contributed by atoms with Crippen molar-refractivity contribution < 1.29 is 0 Å². The van der Waals surface area contributed by atoms with E-state index >= 15 is 0 Å². The lowest BCUT2D eigenvalue weighted by atomic mass is 10.2. The van der Waals surface area contributed by atoms with Gasteiger partial charge in [-0.1, -0.05) is 309 Å². The summed E-state index contributed by atoms with van der Waals surface area (Å²) in [4.78, 5) is 32.5. The third-order valence-corrected chi connectivity index (χ3v) is 7.22. The number of para-hydroxylation sites is 2. The molecule has 8 heteroatoms. The molecule has 90 heavy (non-hydrogen) atoms. The van der Waals surface area contributed by atoms with Gasteiger partial charge in [0.1, 0.15) is 6.33 Å². The van der Waals surface area contributed by atoms with Crippen molar-refractivity contribution >= 4 is 54.6 Å². The minimum atomic E-state index is 0.810. The minimum Gasteiger partial charge on any atom is -0.264 e. The maximum atomic E-state index is 4.18. The first-order chi connectivity index (χ1) is 43.5. The fraction of sp³-hybridized carbons (Fsp3) is 0.488. The lowest BCUT2D eigenvalue weighted by molar-refractivity contribution is 0.736. The molecule has 0 aliphatic heterocycles. The monoisotopic (exact) mass is 1240 g/mol. The largest absolute Gasteiger partial charge is 0.264 e. The molecule has 0 aliphatic rings. The predicted molar refractivity (Wildman–Crippen MR) is 418 cm³/mol. The molecule has 7 heterocycles. The van der Waals surface area contributed by atoms with Gasteiger partial charge >= 0.3 is 0 Å². The first kappa shape index (κ1) is 105. The number of nitrogens with zero attached hydrogens (tertiary/aromatic N) is 8. The highest BCUT2D eigenvalue weighted by Gasteiger charge is 1.91. The van der Waals surface area contributed by atoms with Crippen LogP contribution in [0.15, 0.2) is 195 Å². The Bertz CT molecular complexity index is 2020. The molecule has 0 amide bonds. The zero-order valence-corrected chi connectivity index (χ0v) is 64.9. The van der Waals surface area contributed by atoms with E-state index in [9.17, 15) is 0 Å². The van der Waals surface area contributed by atoms with Crippen LogP contribution in [0.1, 0.15) is 242 Å². The quantitative estimate of drug-likeness (QED) is 0.148. The number of benzene rings is 3. The molecule has 8 nitrogen and oxygen atoms in total. The summed E-state index contributed by atoms with van der Waals surface area (Å²) >= 11 is 0. The molecule has 3 aromatic carbocycles. The second kappa shape index (κ2) is 88.4.